The summed E-state index contributed by atoms with van der Waals surface area (Å²) in [6, 6.07) is 15.3. The quantitative estimate of drug-likeness (QED) is 0.574. The van der Waals surface area contributed by atoms with Gasteiger partial charge in [0.1, 0.15) is 0 Å². The molecule has 1 unspecified atom stereocenters. The van der Waals surface area contributed by atoms with Gasteiger partial charge in [0.15, 0.2) is 0 Å². The number of amides is 1. The summed E-state index contributed by atoms with van der Waals surface area (Å²) in [5.41, 5.74) is 2.40. The Labute approximate surface area is 179 Å². The molecule has 1 aromatic heterocycles. The largest absolute Gasteiger partial charge is 0.376 e. The molecule has 8 nitrogen and oxygen atoms in total. The lowest BCUT2D eigenvalue weighted by Gasteiger charge is -2.17. The van der Waals surface area contributed by atoms with Crippen LogP contribution in [0.4, 0.5) is 5.69 Å². The summed E-state index contributed by atoms with van der Waals surface area (Å²) in [6.45, 7) is 3.34. The second kappa shape index (κ2) is 9.80. The Morgan fingerprint density at radius 2 is 2.13 bits per heavy atom. The average Bonchev–Trinajstić information content (AvgIpc) is 3.41. The molecule has 0 saturated carbocycles. The molecule has 0 aliphatic carbocycles. The molecule has 1 aliphatic rings. The van der Waals surface area contributed by atoms with E-state index in [4.69, 9.17) is 16.3 Å². The molecule has 1 fully saturated rings. The van der Waals surface area contributed by atoms with Crippen molar-refractivity contribution >= 4 is 23.2 Å². The maximum Gasteiger partial charge on any atom is 0.238 e. The zero-order valence-electron chi connectivity index (χ0n) is 16.4. The SMILES string of the molecule is O=C(CN1CCC(COCc2ccccc2)C1)Nc1cc(Cl)ccc1-c1nn[nH]n1. The van der Waals surface area contributed by atoms with Gasteiger partial charge in [-0.3, -0.25) is 9.69 Å². The first kappa shape index (κ1) is 20.5. The second-order valence-electron chi connectivity index (χ2n) is 7.36. The number of likely N-dealkylation sites (tertiary alicyclic amines) is 1. The number of tetrazole rings is 1. The fourth-order valence-electron chi connectivity index (χ4n) is 3.59. The van der Waals surface area contributed by atoms with Crippen molar-refractivity contribution in [2.45, 2.75) is 13.0 Å². The number of hydrogen-bond acceptors (Lipinski definition) is 6. The van der Waals surface area contributed by atoms with Gasteiger partial charge in [0, 0.05) is 17.1 Å². The van der Waals surface area contributed by atoms with Gasteiger partial charge in [-0.05, 0) is 47.9 Å². The van der Waals surface area contributed by atoms with Crippen LogP contribution in [0.1, 0.15) is 12.0 Å². The molecule has 1 atom stereocenters. The minimum absolute atomic E-state index is 0.104. The van der Waals surface area contributed by atoms with Crippen molar-refractivity contribution in [2.75, 3.05) is 31.6 Å². The molecule has 3 aromatic rings. The van der Waals surface area contributed by atoms with E-state index in [1.54, 1.807) is 18.2 Å². The van der Waals surface area contributed by atoms with Crippen molar-refractivity contribution in [3.8, 4) is 11.4 Å². The number of aromatic nitrogens is 4. The van der Waals surface area contributed by atoms with Crippen LogP contribution in [0.15, 0.2) is 48.5 Å². The second-order valence-corrected chi connectivity index (χ2v) is 7.80. The Bertz CT molecular complexity index is 967. The molecule has 1 amide bonds. The van der Waals surface area contributed by atoms with Crippen molar-refractivity contribution in [1.82, 2.24) is 25.5 Å². The fraction of sp³-hybridized carbons (Fsp3) is 0.333. The van der Waals surface area contributed by atoms with Crippen LogP contribution in [0.3, 0.4) is 0 Å². The number of anilines is 1. The number of ether oxygens (including phenoxy) is 1. The molecule has 0 bridgehead atoms. The summed E-state index contributed by atoms with van der Waals surface area (Å²) in [5, 5.41) is 17.4. The first-order chi connectivity index (χ1) is 14.7. The van der Waals surface area contributed by atoms with Crippen LogP contribution in [0, 0.1) is 5.92 Å². The lowest BCUT2D eigenvalue weighted by Crippen LogP contribution is -2.32. The van der Waals surface area contributed by atoms with E-state index in [1.807, 2.05) is 18.2 Å². The number of carbonyl (C=O) groups is 1. The summed E-state index contributed by atoms with van der Waals surface area (Å²) < 4.78 is 5.86. The van der Waals surface area contributed by atoms with E-state index < -0.39 is 0 Å². The summed E-state index contributed by atoms with van der Waals surface area (Å²) in [5.74, 6) is 0.731. The summed E-state index contributed by atoms with van der Waals surface area (Å²) >= 11 is 6.10. The standard InChI is InChI=1S/C21H23ClN6O2/c22-17-6-7-18(21-24-26-27-25-21)19(10-17)23-20(29)12-28-9-8-16(11-28)14-30-13-15-4-2-1-3-5-15/h1-7,10,16H,8-9,11-14H2,(H,23,29)(H,24,25,26,27). The van der Waals surface area contributed by atoms with E-state index in [1.165, 1.54) is 5.56 Å². The van der Waals surface area contributed by atoms with Gasteiger partial charge in [-0.25, -0.2) is 0 Å². The summed E-state index contributed by atoms with van der Waals surface area (Å²) in [7, 11) is 0. The van der Waals surface area contributed by atoms with Gasteiger partial charge in [0.2, 0.25) is 11.7 Å². The molecule has 0 spiro atoms. The van der Waals surface area contributed by atoms with Crippen LogP contribution >= 0.6 is 11.6 Å². The third-order valence-corrected chi connectivity index (χ3v) is 5.28. The molecule has 9 heteroatoms. The summed E-state index contributed by atoms with van der Waals surface area (Å²) in [6.07, 6.45) is 1.02. The van der Waals surface area contributed by atoms with Crippen LogP contribution in [0.25, 0.3) is 11.4 Å². The van der Waals surface area contributed by atoms with Gasteiger partial charge in [-0.1, -0.05) is 41.9 Å². The van der Waals surface area contributed by atoms with Crippen molar-refractivity contribution < 1.29 is 9.53 Å². The number of rotatable bonds is 8. The van der Waals surface area contributed by atoms with Crippen LogP contribution < -0.4 is 5.32 Å². The van der Waals surface area contributed by atoms with E-state index in [0.717, 1.165) is 19.5 Å². The van der Waals surface area contributed by atoms with Gasteiger partial charge in [0.25, 0.3) is 0 Å². The molecule has 4 rings (SSSR count). The van der Waals surface area contributed by atoms with Crippen molar-refractivity contribution in [3.05, 3.63) is 59.1 Å². The van der Waals surface area contributed by atoms with Crippen LogP contribution in [-0.4, -0.2) is 57.7 Å². The summed E-state index contributed by atoms with van der Waals surface area (Å²) in [4.78, 5) is 14.8. The van der Waals surface area contributed by atoms with Gasteiger partial charge < -0.3 is 10.1 Å². The van der Waals surface area contributed by atoms with Crippen molar-refractivity contribution in [2.24, 2.45) is 5.92 Å². The minimum Gasteiger partial charge on any atom is -0.376 e. The van der Waals surface area contributed by atoms with E-state index in [-0.39, 0.29) is 5.91 Å². The Balaban J connectivity index is 1.27. The zero-order valence-corrected chi connectivity index (χ0v) is 17.2. The third kappa shape index (κ3) is 5.41. The number of carbonyl (C=O) groups excluding carboxylic acids is 1. The Morgan fingerprint density at radius 1 is 1.27 bits per heavy atom. The normalized spacial score (nSPS) is 16.6. The molecule has 2 aromatic carbocycles. The molecule has 156 valence electrons. The van der Waals surface area contributed by atoms with E-state index >= 15 is 0 Å². The highest BCUT2D eigenvalue weighted by Crippen LogP contribution is 2.28. The average molecular weight is 427 g/mol. The molecular formula is C21H23ClN6O2. The molecule has 1 saturated heterocycles. The molecular weight excluding hydrogens is 404 g/mol. The smallest absolute Gasteiger partial charge is 0.238 e. The highest BCUT2D eigenvalue weighted by atomic mass is 35.5. The van der Waals surface area contributed by atoms with Crippen LogP contribution in [0.2, 0.25) is 5.02 Å². The Morgan fingerprint density at radius 3 is 2.93 bits per heavy atom. The third-order valence-electron chi connectivity index (χ3n) is 5.04. The zero-order chi connectivity index (χ0) is 20.8. The van der Waals surface area contributed by atoms with E-state index in [0.29, 0.717) is 47.8 Å². The number of nitrogens with zero attached hydrogens (tertiary/aromatic N) is 4. The molecule has 30 heavy (non-hydrogen) atoms. The van der Waals surface area contributed by atoms with E-state index in [2.05, 4.69) is 43.0 Å². The molecule has 2 N–H and O–H groups in total. The Hall–Kier alpha value is -2.81. The molecule has 2 heterocycles. The van der Waals surface area contributed by atoms with Gasteiger partial charge in [-0.2, -0.15) is 5.21 Å². The lowest BCUT2D eigenvalue weighted by molar-refractivity contribution is -0.117. The first-order valence-corrected chi connectivity index (χ1v) is 10.2. The number of halogens is 1. The number of nitrogens with one attached hydrogen (secondary N) is 2. The number of aromatic amines is 1. The first-order valence-electron chi connectivity index (χ1n) is 9.84. The van der Waals surface area contributed by atoms with Gasteiger partial charge in [0.05, 0.1) is 25.4 Å². The predicted octanol–water partition coefficient (Wildman–Crippen LogP) is 3.00. The van der Waals surface area contributed by atoms with Gasteiger partial charge >= 0.3 is 0 Å². The van der Waals surface area contributed by atoms with E-state index in [9.17, 15) is 4.79 Å². The van der Waals surface area contributed by atoms with Gasteiger partial charge in [-0.15, -0.1) is 10.2 Å². The lowest BCUT2D eigenvalue weighted by atomic mass is 10.1. The Kier molecular flexibility index (Phi) is 6.68. The van der Waals surface area contributed by atoms with Crippen LogP contribution in [-0.2, 0) is 16.1 Å². The number of H-pyrrole nitrogens is 1. The predicted molar refractivity (Wildman–Crippen MR) is 114 cm³/mol. The number of benzene rings is 2. The number of hydrogen-bond donors (Lipinski definition) is 2. The molecule has 1 aliphatic heterocycles. The van der Waals surface area contributed by atoms with Crippen molar-refractivity contribution in [1.29, 1.82) is 0 Å². The van der Waals surface area contributed by atoms with Crippen LogP contribution in [0.5, 0.6) is 0 Å². The van der Waals surface area contributed by atoms with Crippen molar-refractivity contribution in [3.63, 3.8) is 0 Å². The minimum atomic E-state index is -0.104. The maximum absolute atomic E-state index is 12.6. The monoisotopic (exact) mass is 426 g/mol. The highest BCUT2D eigenvalue weighted by Gasteiger charge is 2.24. The fourth-order valence-corrected chi connectivity index (χ4v) is 3.77. The molecule has 0 radical (unpaired) electrons. The highest BCUT2D eigenvalue weighted by molar-refractivity contribution is 6.31. The maximum atomic E-state index is 12.6. The topological polar surface area (TPSA) is 96.0 Å².